The van der Waals surface area contributed by atoms with Crippen molar-refractivity contribution < 1.29 is 14.3 Å². The van der Waals surface area contributed by atoms with E-state index in [2.05, 4.69) is 16.0 Å². The molecule has 0 aliphatic rings. The summed E-state index contributed by atoms with van der Waals surface area (Å²) < 4.78 is 5.06. The fourth-order valence-electron chi connectivity index (χ4n) is 1.39. The fourth-order valence-corrected chi connectivity index (χ4v) is 1.39. The third kappa shape index (κ3) is 4.97. The lowest BCUT2D eigenvalue weighted by Crippen LogP contribution is -2.47. The van der Waals surface area contributed by atoms with E-state index in [9.17, 15) is 9.59 Å². The number of amides is 3. The summed E-state index contributed by atoms with van der Waals surface area (Å²) in [6.07, 6.45) is 0. The highest BCUT2D eigenvalue weighted by Gasteiger charge is 2.14. The molecule has 19 heavy (non-hydrogen) atoms. The second-order valence-electron chi connectivity index (χ2n) is 4.02. The molecule has 104 valence electrons. The highest BCUT2D eigenvalue weighted by molar-refractivity contribution is 5.96. The number of carbonyl (C=O) groups is 2. The van der Waals surface area contributed by atoms with E-state index in [1.54, 1.807) is 14.0 Å². The number of urea groups is 1. The van der Waals surface area contributed by atoms with Crippen molar-refractivity contribution in [1.29, 1.82) is 0 Å². The number of nitrogens with one attached hydrogen (secondary N) is 3. The SMILES string of the molecule is CNC(=O)NC(=O)C(C)NCc1ccc(OC)cc1. The Morgan fingerprint density at radius 1 is 1.26 bits per heavy atom. The van der Waals surface area contributed by atoms with Gasteiger partial charge in [0.25, 0.3) is 0 Å². The minimum atomic E-state index is -0.511. The molecule has 1 rings (SSSR count). The molecule has 6 heteroatoms. The van der Waals surface area contributed by atoms with Crippen LogP contribution in [0.2, 0.25) is 0 Å². The highest BCUT2D eigenvalue weighted by atomic mass is 16.5. The molecule has 0 saturated carbocycles. The van der Waals surface area contributed by atoms with Crippen molar-refractivity contribution in [2.45, 2.75) is 19.5 Å². The summed E-state index contributed by atoms with van der Waals surface area (Å²) >= 11 is 0. The Hall–Kier alpha value is -2.08. The molecular weight excluding hydrogens is 246 g/mol. The number of hydrogen-bond donors (Lipinski definition) is 3. The fraction of sp³-hybridized carbons (Fsp3) is 0.385. The number of hydrogen-bond acceptors (Lipinski definition) is 4. The van der Waals surface area contributed by atoms with Crippen molar-refractivity contribution in [3.63, 3.8) is 0 Å². The normalized spacial score (nSPS) is 11.5. The molecule has 0 saturated heterocycles. The molecule has 1 atom stereocenters. The van der Waals surface area contributed by atoms with Crippen molar-refractivity contribution in [1.82, 2.24) is 16.0 Å². The summed E-state index contributed by atoms with van der Waals surface area (Å²) in [4.78, 5) is 22.6. The molecule has 3 amide bonds. The van der Waals surface area contributed by atoms with E-state index in [0.29, 0.717) is 6.54 Å². The molecule has 3 N–H and O–H groups in total. The van der Waals surface area contributed by atoms with Gasteiger partial charge in [-0.2, -0.15) is 0 Å². The topological polar surface area (TPSA) is 79.5 Å². The monoisotopic (exact) mass is 265 g/mol. The Kier molecular flexibility index (Phi) is 5.81. The van der Waals surface area contributed by atoms with Crippen LogP contribution >= 0.6 is 0 Å². The summed E-state index contributed by atoms with van der Waals surface area (Å²) in [5.41, 5.74) is 1.03. The minimum absolute atomic E-state index is 0.368. The van der Waals surface area contributed by atoms with Crippen molar-refractivity contribution in [2.24, 2.45) is 0 Å². The van der Waals surface area contributed by atoms with Gasteiger partial charge in [0.15, 0.2) is 0 Å². The Morgan fingerprint density at radius 3 is 2.42 bits per heavy atom. The van der Waals surface area contributed by atoms with Crippen LogP contribution in [-0.4, -0.2) is 32.1 Å². The first kappa shape index (κ1) is 15.0. The average Bonchev–Trinajstić information content (AvgIpc) is 2.44. The first-order valence-corrected chi connectivity index (χ1v) is 5.95. The lowest BCUT2D eigenvalue weighted by atomic mass is 10.2. The molecule has 0 aromatic heterocycles. The molecule has 0 heterocycles. The van der Waals surface area contributed by atoms with E-state index in [0.717, 1.165) is 11.3 Å². The number of carbonyl (C=O) groups excluding carboxylic acids is 2. The average molecular weight is 265 g/mol. The van der Waals surface area contributed by atoms with Gasteiger partial charge in [0.05, 0.1) is 13.2 Å². The number of imide groups is 1. The van der Waals surface area contributed by atoms with E-state index >= 15 is 0 Å². The van der Waals surface area contributed by atoms with Crippen LogP contribution in [0.1, 0.15) is 12.5 Å². The third-order valence-corrected chi connectivity index (χ3v) is 2.63. The van der Waals surface area contributed by atoms with Crippen LogP contribution in [0.3, 0.4) is 0 Å². The zero-order valence-electron chi connectivity index (χ0n) is 11.3. The summed E-state index contributed by atoms with van der Waals surface area (Å²) in [5, 5.41) is 7.57. The minimum Gasteiger partial charge on any atom is -0.497 e. The first-order valence-electron chi connectivity index (χ1n) is 5.95. The van der Waals surface area contributed by atoms with Gasteiger partial charge in [-0.15, -0.1) is 0 Å². The number of ether oxygens (including phenoxy) is 1. The zero-order valence-corrected chi connectivity index (χ0v) is 11.3. The van der Waals surface area contributed by atoms with Gasteiger partial charge in [0, 0.05) is 13.6 Å². The van der Waals surface area contributed by atoms with Crippen LogP contribution < -0.4 is 20.7 Å². The van der Waals surface area contributed by atoms with Gasteiger partial charge < -0.3 is 15.4 Å². The van der Waals surface area contributed by atoms with Gasteiger partial charge in [0.1, 0.15) is 5.75 Å². The van der Waals surface area contributed by atoms with E-state index in [1.165, 1.54) is 7.05 Å². The molecule has 0 spiro atoms. The van der Waals surface area contributed by atoms with E-state index < -0.39 is 12.1 Å². The Morgan fingerprint density at radius 2 is 1.89 bits per heavy atom. The van der Waals surface area contributed by atoms with Gasteiger partial charge in [0.2, 0.25) is 5.91 Å². The molecule has 0 radical (unpaired) electrons. The van der Waals surface area contributed by atoms with E-state index in [1.807, 2.05) is 24.3 Å². The van der Waals surface area contributed by atoms with Crippen molar-refractivity contribution in [3.8, 4) is 5.75 Å². The summed E-state index contributed by atoms with van der Waals surface area (Å²) in [6, 6.07) is 6.56. The maximum absolute atomic E-state index is 11.6. The van der Waals surface area contributed by atoms with Gasteiger partial charge in [-0.05, 0) is 24.6 Å². The highest BCUT2D eigenvalue weighted by Crippen LogP contribution is 2.10. The van der Waals surface area contributed by atoms with Crippen LogP contribution in [0.5, 0.6) is 5.75 Å². The maximum atomic E-state index is 11.6. The molecule has 0 aliphatic carbocycles. The van der Waals surface area contributed by atoms with E-state index in [-0.39, 0.29) is 5.91 Å². The van der Waals surface area contributed by atoms with Crippen molar-refractivity contribution >= 4 is 11.9 Å². The maximum Gasteiger partial charge on any atom is 0.321 e. The molecule has 1 aromatic rings. The smallest absolute Gasteiger partial charge is 0.321 e. The van der Waals surface area contributed by atoms with Crippen LogP contribution in [0.15, 0.2) is 24.3 Å². The molecule has 1 aromatic carbocycles. The van der Waals surface area contributed by atoms with Gasteiger partial charge in [-0.1, -0.05) is 12.1 Å². The lowest BCUT2D eigenvalue weighted by molar-refractivity contribution is -0.121. The molecule has 0 aliphatic heterocycles. The van der Waals surface area contributed by atoms with Gasteiger partial charge >= 0.3 is 6.03 Å². The molecular formula is C13H19N3O3. The number of benzene rings is 1. The Bertz CT molecular complexity index is 431. The quantitative estimate of drug-likeness (QED) is 0.729. The number of methoxy groups -OCH3 is 1. The number of rotatable bonds is 5. The van der Waals surface area contributed by atoms with Gasteiger partial charge in [-0.3, -0.25) is 10.1 Å². The molecule has 1 unspecified atom stereocenters. The predicted molar refractivity (Wildman–Crippen MR) is 71.9 cm³/mol. The summed E-state index contributed by atoms with van der Waals surface area (Å²) in [6.45, 7) is 2.23. The van der Waals surface area contributed by atoms with Crippen LogP contribution in [0.25, 0.3) is 0 Å². The van der Waals surface area contributed by atoms with Crippen molar-refractivity contribution in [2.75, 3.05) is 14.2 Å². The zero-order chi connectivity index (χ0) is 14.3. The largest absolute Gasteiger partial charge is 0.497 e. The van der Waals surface area contributed by atoms with E-state index in [4.69, 9.17) is 4.74 Å². The Labute approximate surface area is 112 Å². The molecule has 0 fully saturated rings. The molecule has 0 bridgehead atoms. The van der Waals surface area contributed by atoms with Crippen LogP contribution in [0, 0.1) is 0 Å². The second-order valence-corrected chi connectivity index (χ2v) is 4.02. The van der Waals surface area contributed by atoms with Crippen LogP contribution in [0.4, 0.5) is 4.79 Å². The standard InChI is InChI=1S/C13H19N3O3/c1-9(12(17)16-13(18)14-2)15-8-10-4-6-11(19-3)7-5-10/h4-7,9,15H,8H2,1-3H3,(H2,14,16,17,18). The predicted octanol–water partition coefficient (Wildman–Crippen LogP) is 0.629. The summed E-state index contributed by atoms with van der Waals surface area (Å²) in [7, 11) is 3.07. The third-order valence-electron chi connectivity index (χ3n) is 2.63. The lowest BCUT2D eigenvalue weighted by Gasteiger charge is -2.13. The van der Waals surface area contributed by atoms with Crippen LogP contribution in [-0.2, 0) is 11.3 Å². The summed E-state index contributed by atoms with van der Waals surface area (Å²) in [5.74, 6) is 0.419. The van der Waals surface area contributed by atoms with Crippen molar-refractivity contribution in [3.05, 3.63) is 29.8 Å². The Balaban J connectivity index is 2.42. The first-order chi connectivity index (χ1) is 9.06. The molecule has 6 nitrogen and oxygen atoms in total. The second kappa shape index (κ2) is 7.38. The van der Waals surface area contributed by atoms with Gasteiger partial charge in [-0.25, -0.2) is 4.79 Å².